The maximum atomic E-state index is 11.5. The van der Waals surface area contributed by atoms with Crippen LogP contribution in [-0.2, 0) is 18.4 Å². The number of fused-ring (bicyclic) bond motifs is 1. The molecule has 1 amide bonds. The first-order chi connectivity index (χ1) is 14.1. The van der Waals surface area contributed by atoms with E-state index in [1.54, 1.807) is 23.1 Å². The predicted octanol–water partition coefficient (Wildman–Crippen LogP) is 3.14. The van der Waals surface area contributed by atoms with Crippen molar-refractivity contribution in [1.82, 2.24) is 24.7 Å². The molecule has 0 bridgehead atoms. The highest BCUT2D eigenvalue weighted by Gasteiger charge is 2.11. The van der Waals surface area contributed by atoms with Crippen LogP contribution in [-0.4, -0.2) is 30.6 Å². The summed E-state index contributed by atoms with van der Waals surface area (Å²) in [7, 11) is 1.83. The number of H-pyrrole nitrogens is 1. The summed E-state index contributed by atoms with van der Waals surface area (Å²) in [5.41, 5.74) is 2.99. The molecule has 0 aliphatic rings. The van der Waals surface area contributed by atoms with Gasteiger partial charge in [-0.15, -0.1) is 0 Å². The van der Waals surface area contributed by atoms with Gasteiger partial charge in [0.25, 0.3) is 0 Å². The Hall–Kier alpha value is -4.14. The number of anilines is 3. The van der Waals surface area contributed by atoms with Gasteiger partial charge in [-0.25, -0.2) is 0 Å². The van der Waals surface area contributed by atoms with E-state index in [4.69, 9.17) is 4.74 Å². The summed E-state index contributed by atoms with van der Waals surface area (Å²) < 4.78 is 7.65. The molecule has 0 aliphatic heterocycles. The van der Waals surface area contributed by atoms with Gasteiger partial charge in [0.05, 0.1) is 17.3 Å². The van der Waals surface area contributed by atoms with E-state index < -0.39 is 0 Å². The molecule has 0 atom stereocenters. The molecule has 3 aromatic heterocycles. The van der Waals surface area contributed by atoms with Crippen LogP contribution in [0.1, 0.15) is 5.56 Å². The lowest BCUT2D eigenvalue weighted by atomic mass is 10.2. The fraction of sp³-hybridized carbons (Fsp3) is 0.100. The molecule has 146 valence electrons. The zero-order chi connectivity index (χ0) is 20.2. The van der Waals surface area contributed by atoms with E-state index in [2.05, 4.69) is 37.3 Å². The molecule has 3 N–H and O–H groups in total. The van der Waals surface area contributed by atoms with Crippen LogP contribution in [0.2, 0.25) is 0 Å². The molecule has 1 aromatic carbocycles. The van der Waals surface area contributed by atoms with Crippen molar-refractivity contribution < 1.29 is 9.53 Å². The highest BCUT2D eigenvalue weighted by atomic mass is 16.5. The number of aromatic amines is 1. The third kappa shape index (κ3) is 4.24. The number of carbonyl (C=O) groups is 1. The van der Waals surface area contributed by atoms with Crippen LogP contribution >= 0.6 is 0 Å². The molecule has 29 heavy (non-hydrogen) atoms. The third-order valence-corrected chi connectivity index (χ3v) is 4.10. The molecule has 0 aliphatic carbocycles. The van der Waals surface area contributed by atoms with Crippen molar-refractivity contribution in [1.29, 1.82) is 0 Å². The number of hydrogen-bond donors (Lipinski definition) is 3. The van der Waals surface area contributed by atoms with E-state index in [0.717, 1.165) is 16.6 Å². The number of aromatic nitrogens is 5. The lowest BCUT2D eigenvalue weighted by Gasteiger charge is -2.10. The Morgan fingerprint density at radius 1 is 1.31 bits per heavy atom. The molecule has 9 heteroatoms. The summed E-state index contributed by atoms with van der Waals surface area (Å²) in [4.78, 5) is 23.5. The van der Waals surface area contributed by atoms with E-state index in [1.165, 1.54) is 6.08 Å². The summed E-state index contributed by atoms with van der Waals surface area (Å²) in [6.45, 7) is 3.73. The standard InChI is InChI=1S/C20H19N7O2/c1-3-17(28)23-14-6-4-5-13(9-14)12-29-19-16-7-8-21-18(16)25-20(26-19)24-15-10-22-27(2)11-15/h3-11H,1,12H2,2H3,(H,23,28)(H2,21,24,25,26). The molecule has 0 spiro atoms. The average molecular weight is 389 g/mol. The molecule has 3 heterocycles. The highest BCUT2D eigenvalue weighted by Crippen LogP contribution is 2.25. The molecule has 0 fully saturated rings. The van der Waals surface area contributed by atoms with Crippen LogP contribution < -0.4 is 15.4 Å². The first-order valence-electron chi connectivity index (χ1n) is 8.86. The van der Waals surface area contributed by atoms with Crippen molar-refractivity contribution in [3.8, 4) is 5.88 Å². The van der Waals surface area contributed by atoms with Crippen molar-refractivity contribution >= 4 is 34.3 Å². The van der Waals surface area contributed by atoms with Crippen molar-refractivity contribution in [2.75, 3.05) is 10.6 Å². The average Bonchev–Trinajstić information content (AvgIpc) is 3.35. The second-order valence-electron chi connectivity index (χ2n) is 6.30. The van der Waals surface area contributed by atoms with Crippen LogP contribution in [0.4, 0.5) is 17.3 Å². The van der Waals surface area contributed by atoms with Crippen LogP contribution in [0.3, 0.4) is 0 Å². The van der Waals surface area contributed by atoms with Gasteiger partial charge in [-0.05, 0) is 29.8 Å². The summed E-state index contributed by atoms with van der Waals surface area (Å²) in [5.74, 6) is 0.581. The molecule has 4 rings (SSSR count). The molecule has 0 saturated heterocycles. The smallest absolute Gasteiger partial charge is 0.247 e. The predicted molar refractivity (Wildman–Crippen MR) is 110 cm³/mol. The van der Waals surface area contributed by atoms with E-state index in [0.29, 0.717) is 23.2 Å². The van der Waals surface area contributed by atoms with Crippen molar-refractivity contribution in [3.05, 3.63) is 67.1 Å². The maximum absolute atomic E-state index is 11.5. The van der Waals surface area contributed by atoms with Gasteiger partial charge in [-0.3, -0.25) is 9.48 Å². The third-order valence-electron chi connectivity index (χ3n) is 4.10. The lowest BCUT2D eigenvalue weighted by Crippen LogP contribution is -2.08. The first kappa shape index (κ1) is 18.2. The summed E-state index contributed by atoms with van der Waals surface area (Å²) in [6.07, 6.45) is 6.52. The minimum Gasteiger partial charge on any atom is -0.472 e. The van der Waals surface area contributed by atoms with Gasteiger partial charge in [0.15, 0.2) is 0 Å². The SMILES string of the molecule is C=CC(=O)Nc1cccc(COc2nc(Nc3cnn(C)c3)nc3[nH]ccc23)c1. The van der Waals surface area contributed by atoms with Gasteiger partial charge in [-0.2, -0.15) is 15.1 Å². The molecule has 0 unspecified atom stereocenters. The van der Waals surface area contributed by atoms with Gasteiger partial charge < -0.3 is 20.4 Å². The number of nitrogens with one attached hydrogen (secondary N) is 3. The van der Waals surface area contributed by atoms with Gasteiger partial charge in [0, 0.05) is 25.1 Å². The van der Waals surface area contributed by atoms with Crippen molar-refractivity contribution in [2.24, 2.45) is 7.05 Å². The zero-order valence-electron chi connectivity index (χ0n) is 15.7. The first-order valence-corrected chi connectivity index (χ1v) is 8.86. The second kappa shape index (κ2) is 7.85. The highest BCUT2D eigenvalue weighted by molar-refractivity contribution is 5.98. The summed E-state index contributed by atoms with van der Waals surface area (Å²) in [6, 6.07) is 9.26. The topological polar surface area (TPSA) is 110 Å². The molecule has 0 radical (unpaired) electrons. The molecule has 0 saturated carbocycles. The quantitative estimate of drug-likeness (QED) is 0.419. The van der Waals surface area contributed by atoms with Crippen LogP contribution in [0.25, 0.3) is 11.0 Å². The number of aryl methyl sites for hydroxylation is 1. The van der Waals surface area contributed by atoms with E-state index >= 15 is 0 Å². The van der Waals surface area contributed by atoms with Crippen molar-refractivity contribution in [3.63, 3.8) is 0 Å². The molecular weight excluding hydrogens is 370 g/mol. The summed E-state index contributed by atoms with van der Waals surface area (Å²) >= 11 is 0. The Morgan fingerprint density at radius 3 is 3.00 bits per heavy atom. The normalized spacial score (nSPS) is 10.7. The van der Waals surface area contributed by atoms with Crippen molar-refractivity contribution in [2.45, 2.75) is 6.61 Å². The molecule has 4 aromatic rings. The molecule has 9 nitrogen and oxygen atoms in total. The monoisotopic (exact) mass is 389 g/mol. The fourth-order valence-electron chi connectivity index (χ4n) is 2.78. The Morgan fingerprint density at radius 2 is 2.21 bits per heavy atom. The lowest BCUT2D eigenvalue weighted by molar-refractivity contribution is -0.111. The number of amides is 1. The second-order valence-corrected chi connectivity index (χ2v) is 6.30. The van der Waals surface area contributed by atoms with E-state index in [9.17, 15) is 4.79 Å². The van der Waals surface area contributed by atoms with Crippen LogP contribution in [0.5, 0.6) is 5.88 Å². The number of hydrogen-bond acceptors (Lipinski definition) is 6. The van der Waals surface area contributed by atoms with Crippen LogP contribution in [0.15, 0.2) is 61.6 Å². The Labute approximate surface area is 166 Å². The minimum absolute atomic E-state index is 0.265. The van der Waals surface area contributed by atoms with Gasteiger partial charge in [0.1, 0.15) is 12.3 Å². The summed E-state index contributed by atoms with van der Waals surface area (Å²) in [5, 5.41) is 10.8. The van der Waals surface area contributed by atoms with Gasteiger partial charge in [0.2, 0.25) is 17.7 Å². The van der Waals surface area contributed by atoms with Gasteiger partial charge in [-0.1, -0.05) is 18.7 Å². The Kier molecular flexibility index (Phi) is 4.93. The number of carbonyl (C=O) groups excluding carboxylic acids is 1. The zero-order valence-corrected chi connectivity index (χ0v) is 15.7. The van der Waals surface area contributed by atoms with E-state index in [-0.39, 0.29) is 12.5 Å². The Bertz CT molecular complexity index is 1180. The number of ether oxygens (including phenoxy) is 1. The van der Waals surface area contributed by atoms with Gasteiger partial charge >= 0.3 is 0 Å². The minimum atomic E-state index is -0.265. The van der Waals surface area contributed by atoms with Crippen LogP contribution in [0, 0.1) is 0 Å². The Balaban J connectivity index is 1.54. The maximum Gasteiger partial charge on any atom is 0.247 e. The fourth-order valence-corrected chi connectivity index (χ4v) is 2.78. The van der Waals surface area contributed by atoms with E-state index in [1.807, 2.05) is 37.5 Å². The molecular formula is C20H19N7O2. The number of nitrogens with zero attached hydrogens (tertiary/aromatic N) is 4. The largest absolute Gasteiger partial charge is 0.472 e. The number of rotatable bonds is 7. The number of benzene rings is 1.